The first kappa shape index (κ1) is 7.99. The molecule has 0 atom stereocenters. The van der Waals surface area contributed by atoms with Gasteiger partial charge in [-0.05, 0) is 42.3 Å². The Hall–Kier alpha value is -0.630. The second kappa shape index (κ2) is 3.02. The van der Waals surface area contributed by atoms with E-state index in [4.69, 9.17) is 11.6 Å². The van der Waals surface area contributed by atoms with Gasteiger partial charge >= 0.3 is 0 Å². The molecular weight excluding hydrogens is 172 g/mol. The molecule has 0 aromatic carbocycles. The zero-order valence-electron chi connectivity index (χ0n) is 7.05. The smallest absolute Gasteiger partial charge is 0.222 e. The van der Waals surface area contributed by atoms with Gasteiger partial charge in [-0.2, -0.15) is 0 Å². The van der Waals surface area contributed by atoms with Crippen LogP contribution in [0.15, 0.2) is 6.20 Å². The summed E-state index contributed by atoms with van der Waals surface area (Å²) < 4.78 is 0. The van der Waals surface area contributed by atoms with Crippen molar-refractivity contribution < 1.29 is 0 Å². The third-order valence-electron chi connectivity index (χ3n) is 2.22. The standard InChI is InChI=1S/C9H11ClN2/c1-2-8-7(6-3-4-6)5-11-9(10)12-8/h5-6H,2-4H2,1H3. The zero-order valence-corrected chi connectivity index (χ0v) is 7.80. The van der Waals surface area contributed by atoms with Gasteiger partial charge in [-0.15, -0.1) is 0 Å². The quantitative estimate of drug-likeness (QED) is 0.657. The molecule has 3 heteroatoms. The van der Waals surface area contributed by atoms with Crippen LogP contribution in [-0.2, 0) is 6.42 Å². The third-order valence-corrected chi connectivity index (χ3v) is 2.40. The first-order valence-electron chi connectivity index (χ1n) is 4.32. The van der Waals surface area contributed by atoms with Crippen molar-refractivity contribution in [1.82, 2.24) is 9.97 Å². The second-order valence-electron chi connectivity index (χ2n) is 3.17. The van der Waals surface area contributed by atoms with Crippen molar-refractivity contribution in [2.45, 2.75) is 32.1 Å². The molecule has 0 unspecified atom stereocenters. The lowest BCUT2D eigenvalue weighted by Gasteiger charge is -2.03. The van der Waals surface area contributed by atoms with Crippen LogP contribution >= 0.6 is 11.6 Å². The molecule has 1 heterocycles. The highest BCUT2D eigenvalue weighted by molar-refractivity contribution is 6.28. The Morgan fingerprint density at radius 3 is 2.92 bits per heavy atom. The Morgan fingerprint density at radius 2 is 2.33 bits per heavy atom. The summed E-state index contributed by atoms with van der Waals surface area (Å²) in [4.78, 5) is 8.21. The van der Waals surface area contributed by atoms with Crippen molar-refractivity contribution >= 4 is 11.6 Å². The maximum atomic E-state index is 5.70. The molecule has 0 N–H and O–H groups in total. The van der Waals surface area contributed by atoms with Crippen molar-refractivity contribution in [3.63, 3.8) is 0 Å². The highest BCUT2D eigenvalue weighted by Crippen LogP contribution is 2.41. The number of halogens is 1. The van der Waals surface area contributed by atoms with E-state index in [0.29, 0.717) is 5.28 Å². The molecule has 2 rings (SSSR count). The summed E-state index contributed by atoms with van der Waals surface area (Å²) in [6.07, 6.45) is 5.41. The minimum Gasteiger partial charge on any atom is -0.226 e. The van der Waals surface area contributed by atoms with Gasteiger partial charge in [-0.1, -0.05) is 6.92 Å². The topological polar surface area (TPSA) is 25.8 Å². The van der Waals surface area contributed by atoms with Crippen LogP contribution in [0, 0.1) is 0 Å². The number of nitrogens with zero attached hydrogens (tertiary/aromatic N) is 2. The molecule has 1 aromatic rings. The molecule has 1 saturated carbocycles. The molecule has 2 nitrogen and oxygen atoms in total. The molecular formula is C9H11ClN2. The largest absolute Gasteiger partial charge is 0.226 e. The predicted octanol–water partition coefficient (Wildman–Crippen LogP) is 2.57. The Balaban J connectivity index is 2.38. The van der Waals surface area contributed by atoms with E-state index in [-0.39, 0.29) is 0 Å². The summed E-state index contributed by atoms with van der Waals surface area (Å²) in [5, 5.41) is 0.372. The summed E-state index contributed by atoms with van der Waals surface area (Å²) in [6, 6.07) is 0. The second-order valence-corrected chi connectivity index (χ2v) is 3.51. The summed E-state index contributed by atoms with van der Waals surface area (Å²) in [5.41, 5.74) is 2.43. The molecule has 0 aliphatic heterocycles. The Bertz CT molecular complexity index is 295. The van der Waals surface area contributed by atoms with E-state index in [2.05, 4.69) is 16.9 Å². The maximum absolute atomic E-state index is 5.70. The molecule has 12 heavy (non-hydrogen) atoms. The van der Waals surface area contributed by atoms with Crippen molar-refractivity contribution in [2.75, 3.05) is 0 Å². The zero-order chi connectivity index (χ0) is 8.55. The van der Waals surface area contributed by atoms with Crippen LogP contribution in [0.5, 0.6) is 0 Å². The van der Waals surface area contributed by atoms with Gasteiger partial charge in [0.25, 0.3) is 0 Å². The van der Waals surface area contributed by atoms with Crippen molar-refractivity contribution in [1.29, 1.82) is 0 Å². The minimum absolute atomic E-state index is 0.372. The minimum atomic E-state index is 0.372. The van der Waals surface area contributed by atoms with Gasteiger partial charge in [0.15, 0.2) is 0 Å². The molecule has 0 bridgehead atoms. The number of rotatable bonds is 2. The molecule has 64 valence electrons. The van der Waals surface area contributed by atoms with E-state index in [1.807, 2.05) is 6.20 Å². The number of aromatic nitrogens is 2. The van der Waals surface area contributed by atoms with Crippen LogP contribution < -0.4 is 0 Å². The maximum Gasteiger partial charge on any atom is 0.222 e. The molecule has 0 radical (unpaired) electrons. The fourth-order valence-corrected chi connectivity index (χ4v) is 1.57. The summed E-state index contributed by atoms with van der Waals surface area (Å²) in [6.45, 7) is 2.10. The Kier molecular flexibility index (Phi) is 2.01. The van der Waals surface area contributed by atoms with E-state index < -0.39 is 0 Å². The molecule has 0 spiro atoms. The first-order valence-corrected chi connectivity index (χ1v) is 4.70. The van der Waals surface area contributed by atoms with Crippen LogP contribution in [0.1, 0.15) is 36.9 Å². The third kappa shape index (κ3) is 1.44. The number of hydrogen-bond donors (Lipinski definition) is 0. The van der Waals surface area contributed by atoms with E-state index in [0.717, 1.165) is 18.0 Å². The normalized spacial score (nSPS) is 16.5. The first-order chi connectivity index (χ1) is 5.81. The van der Waals surface area contributed by atoms with Crippen LogP contribution in [0.25, 0.3) is 0 Å². The van der Waals surface area contributed by atoms with Gasteiger partial charge in [-0.25, -0.2) is 9.97 Å². The average molecular weight is 183 g/mol. The van der Waals surface area contributed by atoms with Crippen molar-refractivity contribution in [2.24, 2.45) is 0 Å². The van der Waals surface area contributed by atoms with Crippen LogP contribution in [0.4, 0.5) is 0 Å². The molecule has 0 saturated heterocycles. The van der Waals surface area contributed by atoms with Gasteiger partial charge in [0.05, 0.1) is 0 Å². The summed E-state index contributed by atoms with van der Waals surface area (Å²) >= 11 is 5.70. The van der Waals surface area contributed by atoms with Gasteiger partial charge in [0, 0.05) is 11.9 Å². The lowest BCUT2D eigenvalue weighted by atomic mass is 10.1. The number of hydrogen-bond acceptors (Lipinski definition) is 2. The van der Waals surface area contributed by atoms with Gasteiger partial charge in [-0.3, -0.25) is 0 Å². The van der Waals surface area contributed by atoms with Gasteiger partial charge < -0.3 is 0 Å². The molecule has 1 aromatic heterocycles. The number of aryl methyl sites for hydroxylation is 1. The van der Waals surface area contributed by atoms with E-state index in [1.165, 1.54) is 18.4 Å². The lowest BCUT2D eigenvalue weighted by Crippen LogP contribution is -1.97. The highest BCUT2D eigenvalue weighted by Gasteiger charge is 2.26. The van der Waals surface area contributed by atoms with E-state index >= 15 is 0 Å². The van der Waals surface area contributed by atoms with Gasteiger partial charge in [0.2, 0.25) is 5.28 Å². The SMILES string of the molecule is CCc1nc(Cl)ncc1C1CC1. The lowest BCUT2D eigenvalue weighted by molar-refractivity contribution is 0.924. The van der Waals surface area contributed by atoms with Crippen LogP contribution in [0.3, 0.4) is 0 Å². The molecule has 0 amide bonds. The monoisotopic (exact) mass is 182 g/mol. The fourth-order valence-electron chi connectivity index (χ4n) is 1.42. The highest BCUT2D eigenvalue weighted by atomic mass is 35.5. The van der Waals surface area contributed by atoms with Crippen molar-refractivity contribution in [3.8, 4) is 0 Å². The van der Waals surface area contributed by atoms with E-state index in [9.17, 15) is 0 Å². The van der Waals surface area contributed by atoms with Crippen molar-refractivity contribution in [3.05, 3.63) is 22.7 Å². The van der Waals surface area contributed by atoms with Gasteiger partial charge in [0.1, 0.15) is 0 Å². The predicted molar refractivity (Wildman–Crippen MR) is 48.4 cm³/mol. The van der Waals surface area contributed by atoms with E-state index in [1.54, 1.807) is 0 Å². The summed E-state index contributed by atoms with van der Waals surface area (Å²) in [7, 11) is 0. The Labute approximate surface area is 77.0 Å². The molecule has 1 aliphatic carbocycles. The Morgan fingerprint density at radius 1 is 1.58 bits per heavy atom. The summed E-state index contributed by atoms with van der Waals surface area (Å²) in [5.74, 6) is 0.720. The van der Waals surface area contributed by atoms with Crippen LogP contribution in [-0.4, -0.2) is 9.97 Å². The molecule has 1 fully saturated rings. The average Bonchev–Trinajstić information content (AvgIpc) is 2.87. The van der Waals surface area contributed by atoms with Crippen LogP contribution in [0.2, 0.25) is 5.28 Å². The fraction of sp³-hybridized carbons (Fsp3) is 0.556. The molecule has 1 aliphatic rings.